The maximum Gasteiger partial charge on any atom is 0.163 e. The van der Waals surface area contributed by atoms with Crippen LogP contribution in [-0.2, 0) is 0 Å². The van der Waals surface area contributed by atoms with Crippen LogP contribution in [0.2, 0.25) is 0 Å². The molecule has 0 amide bonds. The second-order valence-electron chi connectivity index (χ2n) is 6.97. The minimum absolute atomic E-state index is 0.000283. The zero-order chi connectivity index (χ0) is 18.3. The van der Waals surface area contributed by atoms with Crippen LogP contribution in [0.3, 0.4) is 0 Å². The van der Waals surface area contributed by atoms with Crippen LogP contribution in [-0.4, -0.2) is 17.5 Å². The van der Waals surface area contributed by atoms with E-state index in [9.17, 15) is 9.90 Å². The minimum atomic E-state index is -0.134. The summed E-state index contributed by atoms with van der Waals surface area (Å²) in [6, 6.07) is 4.89. The van der Waals surface area contributed by atoms with E-state index in [4.69, 9.17) is 4.74 Å². The zero-order valence-electron chi connectivity index (χ0n) is 16.2. The summed E-state index contributed by atoms with van der Waals surface area (Å²) >= 11 is 0. The second-order valence-corrected chi connectivity index (χ2v) is 6.97. The van der Waals surface area contributed by atoms with Gasteiger partial charge in [0.1, 0.15) is 11.5 Å². The van der Waals surface area contributed by atoms with Crippen LogP contribution in [0.1, 0.15) is 101 Å². The van der Waals surface area contributed by atoms with Crippen molar-refractivity contribution in [3.05, 3.63) is 23.8 Å². The fourth-order valence-corrected chi connectivity index (χ4v) is 3.03. The van der Waals surface area contributed by atoms with Crippen molar-refractivity contribution < 1.29 is 14.6 Å². The fraction of sp³-hybridized carbons (Fsp3) is 0.682. The number of ketones is 1. The van der Waals surface area contributed by atoms with Crippen molar-refractivity contribution in [3.63, 3.8) is 0 Å². The normalized spacial score (nSPS) is 10.8. The predicted octanol–water partition coefficient (Wildman–Crippen LogP) is 6.67. The first-order chi connectivity index (χ1) is 12.1. The molecule has 3 heteroatoms. The van der Waals surface area contributed by atoms with Gasteiger partial charge in [-0.3, -0.25) is 4.79 Å². The number of phenolic OH excluding ortho intramolecular Hbond substituents is 1. The standard InChI is InChI=1S/C22H36O3/c1-3-4-5-6-7-8-9-10-11-12-13-14-17-25-20-15-16-21(19(2)23)22(24)18-20/h15-16,18,24H,3-14,17H2,1-2H3. The first-order valence-electron chi connectivity index (χ1n) is 10.1. The van der Waals surface area contributed by atoms with Gasteiger partial charge in [0.05, 0.1) is 12.2 Å². The number of benzene rings is 1. The van der Waals surface area contributed by atoms with Crippen molar-refractivity contribution in [2.45, 2.75) is 90.9 Å². The maximum atomic E-state index is 11.3. The quantitative estimate of drug-likeness (QED) is 0.284. The molecule has 0 unspecified atom stereocenters. The molecule has 0 fully saturated rings. The third kappa shape index (κ3) is 10.2. The van der Waals surface area contributed by atoms with Crippen molar-refractivity contribution in [3.8, 4) is 11.5 Å². The van der Waals surface area contributed by atoms with Crippen molar-refractivity contribution in [2.24, 2.45) is 0 Å². The molecule has 142 valence electrons. The number of rotatable bonds is 15. The Bertz CT molecular complexity index is 482. The number of hydrogen-bond acceptors (Lipinski definition) is 3. The molecule has 0 aromatic heterocycles. The molecule has 0 bridgehead atoms. The summed E-state index contributed by atoms with van der Waals surface area (Å²) in [5, 5.41) is 9.76. The van der Waals surface area contributed by atoms with E-state index in [-0.39, 0.29) is 11.5 Å². The summed E-state index contributed by atoms with van der Waals surface area (Å²) in [5.41, 5.74) is 0.345. The van der Waals surface area contributed by atoms with Crippen LogP contribution in [0.25, 0.3) is 0 Å². The first kappa shape index (κ1) is 21.5. The highest BCUT2D eigenvalue weighted by Gasteiger charge is 2.07. The van der Waals surface area contributed by atoms with Crippen LogP contribution < -0.4 is 4.74 Å². The van der Waals surface area contributed by atoms with Gasteiger partial charge in [0.2, 0.25) is 0 Å². The molecule has 1 aromatic carbocycles. The molecular weight excluding hydrogens is 312 g/mol. The lowest BCUT2D eigenvalue weighted by Crippen LogP contribution is -1.99. The number of phenols is 1. The predicted molar refractivity (Wildman–Crippen MR) is 105 cm³/mol. The van der Waals surface area contributed by atoms with Crippen LogP contribution in [0.5, 0.6) is 11.5 Å². The van der Waals surface area contributed by atoms with Crippen LogP contribution >= 0.6 is 0 Å². The summed E-state index contributed by atoms with van der Waals surface area (Å²) in [4.78, 5) is 11.3. The smallest absolute Gasteiger partial charge is 0.163 e. The first-order valence-corrected chi connectivity index (χ1v) is 10.1. The highest BCUT2D eigenvalue weighted by atomic mass is 16.5. The highest BCUT2D eigenvalue weighted by Crippen LogP contribution is 2.24. The largest absolute Gasteiger partial charge is 0.507 e. The third-order valence-corrected chi connectivity index (χ3v) is 4.62. The van der Waals surface area contributed by atoms with E-state index in [2.05, 4.69) is 6.92 Å². The van der Waals surface area contributed by atoms with Gasteiger partial charge >= 0.3 is 0 Å². The number of aromatic hydroxyl groups is 1. The molecule has 0 aliphatic carbocycles. The Morgan fingerprint density at radius 3 is 1.88 bits per heavy atom. The lowest BCUT2D eigenvalue weighted by Gasteiger charge is -2.08. The molecule has 3 nitrogen and oxygen atoms in total. The summed E-state index contributed by atoms with van der Waals surface area (Å²) in [7, 11) is 0. The Balaban J connectivity index is 1.95. The van der Waals surface area contributed by atoms with Gasteiger partial charge in [-0.2, -0.15) is 0 Å². The van der Waals surface area contributed by atoms with Crippen molar-refractivity contribution in [1.29, 1.82) is 0 Å². The van der Waals surface area contributed by atoms with Gasteiger partial charge in [-0.1, -0.05) is 77.6 Å². The van der Waals surface area contributed by atoms with Crippen LogP contribution in [0.15, 0.2) is 18.2 Å². The monoisotopic (exact) mass is 348 g/mol. The summed E-state index contributed by atoms with van der Waals surface area (Å²) in [6.45, 7) is 4.37. The molecule has 0 radical (unpaired) electrons. The van der Waals surface area contributed by atoms with Crippen LogP contribution in [0, 0.1) is 0 Å². The van der Waals surface area contributed by atoms with Gasteiger partial charge < -0.3 is 9.84 Å². The molecule has 25 heavy (non-hydrogen) atoms. The number of unbranched alkanes of at least 4 members (excludes halogenated alkanes) is 11. The number of carbonyl (C=O) groups excluding carboxylic acids is 1. The van der Waals surface area contributed by atoms with Crippen molar-refractivity contribution >= 4 is 5.78 Å². The average molecular weight is 349 g/mol. The molecule has 0 saturated carbocycles. The summed E-state index contributed by atoms with van der Waals surface area (Å²) in [6.07, 6.45) is 15.9. The summed E-state index contributed by atoms with van der Waals surface area (Å²) in [5.74, 6) is 0.496. The molecule has 1 N–H and O–H groups in total. The number of carbonyl (C=O) groups is 1. The number of Topliss-reactive ketones (excluding diaryl/α,β-unsaturated/α-hetero) is 1. The van der Waals surface area contributed by atoms with Crippen molar-refractivity contribution in [2.75, 3.05) is 6.61 Å². The lowest BCUT2D eigenvalue weighted by atomic mass is 10.1. The Hall–Kier alpha value is -1.51. The minimum Gasteiger partial charge on any atom is -0.507 e. The number of ether oxygens (including phenoxy) is 1. The van der Waals surface area contributed by atoms with E-state index in [0.717, 1.165) is 6.42 Å². The zero-order valence-corrected chi connectivity index (χ0v) is 16.2. The van der Waals surface area contributed by atoms with E-state index in [1.165, 1.54) is 83.6 Å². The van der Waals surface area contributed by atoms with Gasteiger partial charge in [0, 0.05) is 6.07 Å². The fourth-order valence-electron chi connectivity index (χ4n) is 3.03. The Morgan fingerprint density at radius 2 is 1.40 bits per heavy atom. The SMILES string of the molecule is CCCCCCCCCCCCCCOc1ccc(C(C)=O)c(O)c1. The molecule has 1 aromatic rings. The topological polar surface area (TPSA) is 46.5 Å². The lowest BCUT2D eigenvalue weighted by molar-refractivity contribution is 0.101. The molecule has 1 rings (SSSR count). The second kappa shape index (κ2) is 13.7. The molecule has 0 aliphatic rings. The van der Waals surface area contributed by atoms with Gasteiger partial charge in [0.15, 0.2) is 5.78 Å². The van der Waals surface area contributed by atoms with Gasteiger partial charge in [-0.15, -0.1) is 0 Å². The maximum absolute atomic E-state index is 11.3. The molecular formula is C22H36O3. The van der Waals surface area contributed by atoms with E-state index in [0.29, 0.717) is 17.9 Å². The highest BCUT2D eigenvalue weighted by molar-refractivity contribution is 5.96. The van der Waals surface area contributed by atoms with E-state index in [1.807, 2.05) is 0 Å². The Labute approximate surface area is 153 Å². The molecule has 0 heterocycles. The Kier molecular flexibility index (Phi) is 11.8. The van der Waals surface area contributed by atoms with E-state index < -0.39 is 0 Å². The molecule has 0 aliphatic heterocycles. The molecule has 0 atom stereocenters. The Morgan fingerprint density at radius 1 is 0.880 bits per heavy atom. The summed E-state index contributed by atoms with van der Waals surface area (Å²) < 4.78 is 5.64. The van der Waals surface area contributed by atoms with Gasteiger partial charge in [-0.25, -0.2) is 0 Å². The molecule has 0 saturated heterocycles. The number of hydrogen-bond donors (Lipinski definition) is 1. The van der Waals surface area contributed by atoms with E-state index >= 15 is 0 Å². The molecule has 0 spiro atoms. The van der Waals surface area contributed by atoms with Gasteiger partial charge in [0.25, 0.3) is 0 Å². The van der Waals surface area contributed by atoms with Crippen molar-refractivity contribution in [1.82, 2.24) is 0 Å². The third-order valence-electron chi connectivity index (χ3n) is 4.62. The van der Waals surface area contributed by atoms with Crippen LogP contribution in [0.4, 0.5) is 0 Å². The average Bonchev–Trinajstić information content (AvgIpc) is 2.58. The van der Waals surface area contributed by atoms with Gasteiger partial charge in [-0.05, 0) is 25.5 Å². The van der Waals surface area contributed by atoms with E-state index in [1.54, 1.807) is 12.1 Å².